The summed E-state index contributed by atoms with van der Waals surface area (Å²) in [4.78, 5) is 1.22. The monoisotopic (exact) mass is 319 g/mol. The lowest BCUT2D eigenvalue weighted by Crippen LogP contribution is -2.14. The van der Waals surface area contributed by atoms with E-state index >= 15 is 0 Å². The molecule has 3 nitrogen and oxygen atoms in total. The second-order valence-corrected chi connectivity index (χ2v) is 5.98. The Morgan fingerprint density at radius 2 is 2.38 bits per heavy atom. The SMILES string of the molecule is Cn1nccc1CNCc1cc(Br)c(Cl)s1. The van der Waals surface area contributed by atoms with Gasteiger partial charge in [0.05, 0.1) is 5.69 Å². The molecule has 0 aliphatic carbocycles. The number of aryl methyl sites for hydroxylation is 1. The third kappa shape index (κ3) is 2.85. The molecule has 0 aliphatic heterocycles. The summed E-state index contributed by atoms with van der Waals surface area (Å²) in [6.45, 7) is 1.63. The van der Waals surface area contributed by atoms with E-state index < -0.39 is 0 Å². The smallest absolute Gasteiger partial charge is 0.107 e. The van der Waals surface area contributed by atoms with Gasteiger partial charge in [0.1, 0.15) is 4.34 Å². The second kappa shape index (κ2) is 5.31. The van der Waals surface area contributed by atoms with Crippen LogP contribution >= 0.6 is 38.9 Å². The van der Waals surface area contributed by atoms with Crippen LogP contribution in [0.15, 0.2) is 22.8 Å². The number of aromatic nitrogens is 2. The van der Waals surface area contributed by atoms with Gasteiger partial charge in [-0.1, -0.05) is 11.6 Å². The van der Waals surface area contributed by atoms with Gasteiger partial charge in [-0.15, -0.1) is 11.3 Å². The maximum atomic E-state index is 5.96. The summed E-state index contributed by atoms with van der Waals surface area (Å²) in [5.41, 5.74) is 1.17. The van der Waals surface area contributed by atoms with Crippen molar-refractivity contribution < 1.29 is 0 Å². The highest BCUT2D eigenvalue weighted by Gasteiger charge is 2.04. The van der Waals surface area contributed by atoms with Crippen molar-refractivity contribution >= 4 is 38.9 Å². The van der Waals surface area contributed by atoms with Crippen LogP contribution in [0.25, 0.3) is 0 Å². The molecule has 0 saturated heterocycles. The molecule has 0 spiro atoms. The fourth-order valence-electron chi connectivity index (χ4n) is 1.37. The van der Waals surface area contributed by atoms with Gasteiger partial charge in [-0.2, -0.15) is 5.10 Å². The molecule has 0 aliphatic rings. The Balaban J connectivity index is 1.87. The first-order valence-corrected chi connectivity index (χ1v) is 6.77. The minimum Gasteiger partial charge on any atom is -0.306 e. The summed E-state index contributed by atoms with van der Waals surface area (Å²) in [6.07, 6.45) is 1.80. The highest BCUT2D eigenvalue weighted by atomic mass is 79.9. The fourth-order valence-corrected chi connectivity index (χ4v) is 3.13. The Kier molecular flexibility index (Phi) is 4.02. The molecule has 0 bridgehead atoms. The summed E-state index contributed by atoms with van der Waals surface area (Å²) < 4.78 is 3.64. The largest absolute Gasteiger partial charge is 0.306 e. The molecule has 0 atom stereocenters. The summed E-state index contributed by atoms with van der Waals surface area (Å²) in [5.74, 6) is 0. The number of nitrogens with one attached hydrogen (secondary N) is 1. The third-order valence-electron chi connectivity index (χ3n) is 2.22. The molecule has 6 heteroatoms. The summed E-state index contributed by atoms with van der Waals surface area (Å²) in [5, 5.41) is 7.47. The van der Waals surface area contributed by atoms with E-state index in [-0.39, 0.29) is 0 Å². The minimum atomic E-state index is 0.803. The lowest BCUT2D eigenvalue weighted by atomic mass is 10.4. The lowest BCUT2D eigenvalue weighted by molar-refractivity contribution is 0.629. The number of hydrogen-bond donors (Lipinski definition) is 1. The molecule has 0 fully saturated rings. The highest BCUT2D eigenvalue weighted by molar-refractivity contribution is 9.10. The Morgan fingerprint density at radius 1 is 1.56 bits per heavy atom. The van der Waals surface area contributed by atoms with E-state index in [1.165, 1.54) is 10.6 Å². The van der Waals surface area contributed by atoms with Gasteiger partial charge in [-0.3, -0.25) is 4.68 Å². The zero-order valence-corrected chi connectivity index (χ0v) is 11.9. The van der Waals surface area contributed by atoms with Crippen molar-refractivity contribution in [3.63, 3.8) is 0 Å². The predicted molar refractivity (Wildman–Crippen MR) is 70.8 cm³/mol. The molecule has 2 rings (SSSR count). The van der Waals surface area contributed by atoms with E-state index in [0.29, 0.717) is 0 Å². The van der Waals surface area contributed by atoms with Crippen LogP contribution in [0.5, 0.6) is 0 Å². The topological polar surface area (TPSA) is 29.9 Å². The van der Waals surface area contributed by atoms with Gasteiger partial charge in [0.2, 0.25) is 0 Å². The zero-order chi connectivity index (χ0) is 11.5. The first-order chi connectivity index (χ1) is 7.66. The van der Waals surface area contributed by atoms with Gasteiger partial charge in [-0.05, 0) is 28.1 Å². The third-order valence-corrected chi connectivity index (χ3v) is 4.70. The molecule has 2 aromatic heterocycles. The van der Waals surface area contributed by atoms with Crippen molar-refractivity contribution in [3.05, 3.63) is 37.7 Å². The number of nitrogens with zero attached hydrogens (tertiary/aromatic N) is 2. The van der Waals surface area contributed by atoms with Crippen molar-refractivity contribution in [2.24, 2.45) is 7.05 Å². The van der Waals surface area contributed by atoms with Crippen molar-refractivity contribution in [2.75, 3.05) is 0 Å². The first kappa shape index (κ1) is 12.1. The van der Waals surface area contributed by atoms with Crippen LogP contribution in [0.3, 0.4) is 0 Å². The van der Waals surface area contributed by atoms with Gasteiger partial charge in [-0.25, -0.2) is 0 Å². The van der Waals surface area contributed by atoms with E-state index in [0.717, 1.165) is 21.9 Å². The molecule has 0 amide bonds. The first-order valence-electron chi connectivity index (χ1n) is 4.78. The van der Waals surface area contributed by atoms with Crippen LogP contribution in [0.2, 0.25) is 4.34 Å². The molecular weight excluding hydrogens is 310 g/mol. The van der Waals surface area contributed by atoms with Crippen molar-refractivity contribution in [2.45, 2.75) is 13.1 Å². The molecule has 86 valence electrons. The summed E-state index contributed by atoms with van der Waals surface area (Å²) in [6, 6.07) is 4.05. The maximum absolute atomic E-state index is 5.96. The van der Waals surface area contributed by atoms with E-state index in [9.17, 15) is 0 Å². The standard InChI is InChI=1S/C10H11BrClN3S/c1-15-7(2-3-14-15)5-13-6-8-4-9(11)10(12)16-8/h2-4,13H,5-6H2,1H3. The molecule has 2 heterocycles. The second-order valence-electron chi connectivity index (χ2n) is 3.38. The van der Waals surface area contributed by atoms with Crippen LogP contribution in [0, 0.1) is 0 Å². The highest BCUT2D eigenvalue weighted by Crippen LogP contribution is 2.31. The normalized spacial score (nSPS) is 10.9. The Hall–Kier alpha value is -0.360. The number of rotatable bonds is 4. The van der Waals surface area contributed by atoms with Gasteiger partial charge in [0, 0.05) is 35.7 Å². The average molecular weight is 321 g/mol. The molecular formula is C10H11BrClN3S. The van der Waals surface area contributed by atoms with Gasteiger partial charge < -0.3 is 5.32 Å². The van der Waals surface area contributed by atoms with Gasteiger partial charge in [0.15, 0.2) is 0 Å². The fraction of sp³-hybridized carbons (Fsp3) is 0.300. The molecule has 0 aromatic carbocycles. The molecule has 1 N–H and O–H groups in total. The Bertz CT molecular complexity index is 461. The van der Waals surface area contributed by atoms with Crippen LogP contribution in [-0.4, -0.2) is 9.78 Å². The summed E-state index contributed by atoms with van der Waals surface area (Å²) in [7, 11) is 1.94. The minimum absolute atomic E-state index is 0.803. The van der Waals surface area contributed by atoms with Crippen LogP contribution < -0.4 is 5.32 Å². The quantitative estimate of drug-likeness (QED) is 0.937. The molecule has 0 radical (unpaired) electrons. The molecule has 2 aromatic rings. The van der Waals surface area contributed by atoms with Crippen molar-refractivity contribution in [1.82, 2.24) is 15.1 Å². The van der Waals surface area contributed by atoms with Gasteiger partial charge in [0.25, 0.3) is 0 Å². The molecule has 0 saturated carbocycles. The number of thiophene rings is 1. The van der Waals surface area contributed by atoms with Crippen molar-refractivity contribution in [1.29, 1.82) is 0 Å². The van der Waals surface area contributed by atoms with E-state index in [4.69, 9.17) is 11.6 Å². The van der Waals surface area contributed by atoms with E-state index in [1.54, 1.807) is 17.5 Å². The number of hydrogen-bond acceptors (Lipinski definition) is 3. The van der Waals surface area contributed by atoms with E-state index in [1.807, 2.05) is 23.9 Å². The van der Waals surface area contributed by atoms with E-state index in [2.05, 4.69) is 26.3 Å². The van der Waals surface area contributed by atoms with Gasteiger partial charge >= 0.3 is 0 Å². The lowest BCUT2D eigenvalue weighted by Gasteiger charge is -2.03. The zero-order valence-electron chi connectivity index (χ0n) is 8.70. The van der Waals surface area contributed by atoms with Crippen molar-refractivity contribution in [3.8, 4) is 0 Å². The molecule has 0 unspecified atom stereocenters. The maximum Gasteiger partial charge on any atom is 0.107 e. The molecule has 16 heavy (non-hydrogen) atoms. The summed E-state index contributed by atoms with van der Waals surface area (Å²) >= 11 is 10.9. The van der Waals surface area contributed by atoms with Crippen LogP contribution in [0.4, 0.5) is 0 Å². The van der Waals surface area contributed by atoms with Crippen LogP contribution in [-0.2, 0) is 20.1 Å². The Morgan fingerprint density at radius 3 is 2.94 bits per heavy atom. The number of halogens is 2. The average Bonchev–Trinajstić information content (AvgIpc) is 2.76. The predicted octanol–water partition coefficient (Wildman–Crippen LogP) is 3.19. The van der Waals surface area contributed by atoms with Crippen LogP contribution in [0.1, 0.15) is 10.6 Å². The Labute approximate surface area is 112 Å².